The van der Waals surface area contributed by atoms with Crippen molar-refractivity contribution in [2.24, 2.45) is 0 Å². The summed E-state index contributed by atoms with van der Waals surface area (Å²) in [6.07, 6.45) is 8.61. The Labute approximate surface area is 231 Å². The van der Waals surface area contributed by atoms with Crippen molar-refractivity contribution in [3.05, 3.63) is 169 Å². The molecule has 0 heteroatoms. The van der Waals surface area contributed by atoms with E-state index in [4.69, 9.17) is 0 Å². The highest BCUT2D eigenvalue weighted by Crippen LogP contribution is 2.39. The third kappa shape index (κ3) is 3.74. The molecule has 5 aromatic rings. The van der Waals surface area contributed by atoms with Crippen molar-refractivity contribution >= 4 is 17.7 Å². The van der Waals surface area contributed by atoms with Crippen LogP contribution in [0.1, 0.15) is 61.6 Å². The zero-order valence-corrected chi connectivity index (χ0v) is 23.0. The van der Waals surface area contributed by atoms with Crippen LogP contribution >= 0.6 is 0 Å². The first-order valence-corrected chi connectivity index (χ1v) is 13.8. The van der Waals surface area contributed by atoms with E-state index in [0.29, 0.717) is 0 Å². The summed E-state index contributed by atoms with van der Waals surface area (Å²) >= 11 is 0. The quantitative estimate of drug-likeness (QED) is 0.231. The molecule has 39 heavy (non-hydrogen) atoms. The molecule has 2 aliphatic rings. The number of hydrogen-bond donors (Lipinski definition) is 0. The first kappa shape index (κ1) is 23.7. The van der Waals surface area contributed by atoms with Crippen LogP contribution in [-0.2, 0) is 0 Å². The van der Waals surface area contributed by atoms with Gasteiger partial charge in [0.05, 0.1) is 0 Å². The lowest BCUT2D eigenvalue weighted by molar-refractivity contribution is 1.01. The molecule has 1 atom stereocenters. The van der Waals surface area contributed by atoms with Gasteiger partial charge in [0.15, 0.2) is 0 Å². The van der Waals surface area contributed by atoms with Crippen LogP contribution < -0.4 is 10.4 Å². The van der Waals surface area contributed by atoms with E-state index in [2.05, 4.69) is 143 Å². The van der Waals surface area contributed by atoms with E-state index in [0.717, 1.165) is 0 Å². The van der Waals surface area contributed by atoms with Crippen LogP contribution in [-0.4, -0.2) is 0 Å². The van der Waals surface area contributed by atoms with E-state index in [1.807, 2.05) is 0 Å². The maximum atomic E-state index is 3.86. The van der Waals surface area contributed by atoms with Crippen molar-refractivity contribution in [1.29, 1.82) is 0 Å². The fraction of sp³-hybridized carbons (Fsp3) is 0.128. The van der Waals surface area contributed by atoms with Crippen LogP contribution in [0, 0.1) is 27.7 Å². The Morgan fingerprint density at radius 2 is 1.36 bits per heavy atom. The van der Waals surface area contributed by atoms with Crippen molar-refractivity contribution in [1.82, 2.24) is 0 Å². The molecule has 5 aromatic carbocycles. The molecule has 1 radical (unpaired) electrons. The summed E-state index contributed by atoms with van der Waals surface area (Å²) in [4.78, 5) is 0. The molecule has 0 bridgehead atoms. The Morgan fingerprint density at radius 3 is 2.05 bits per heavy atom. The predicted octanol–water partition coefficient (Wildman–Crippen LogP) is 8.01. The summed E-state index contributed by atoms with van der Waals surface area (Å²) in [7, 11) is 0. The third-order valence-electron chi connectivity index (χ3n) is 8.68. The minimum absolute atomic E-state index is 0.198. The van der Waals surface area contributed by atoms with Gasteiger partial charge in [0, 0.05) is 5.92 Å². The highest BCUT2D eigenvalue weighted by Gasteiger charge is 2.27. The number of fused-ring (bicyclic) bond motifs is 4. The number of aryl methyl sites for hydroxylation is 2. The molecule has 0 aromatic heterocycles. The van der Waals surface area contributed by atoms with Gasteiger partial charge in [0.25, 0.3) is 0 Å². The van der Waals surface area contributed by atoms with Gasteiger partial charge in [-0.05, 0) is 117 Å². The molecule has 0 saturated carbocycles. The molecular weight excluding hydrogens is 468 g/mol. The number of allylic oxidation sites excluding steroid dienone is 1. The van der Waals surface area contributed by atoms with Crippen LogP contribution in [0.25, 0.3) is 28.9 Å². The Hall–Kier alpha value is -4.42. The molecule has 7 rings (SSSR count). The second kappa shape index (κ2) is 9.10. The van der Waals surface area contributed by atoms with Crippen LogP contribution in [0.5, 0.6) is 0 Å². The largest absolute Gasteiger partial charge is 0.0720 e. The fourth-order valence-electron chi connectivity index (χ4n) is 6.52. The number of benzene rings is 5. The van der Waals surface area contributed by atoms with Crippen LogP contribution in [0.2, 0.25) is 0 Å². The highest BCUT2D eigenvalue weighted by atomic mass is 14.3. The molecule has 2 aliphatic carbocycles. The van der Waals surface area contributed by atoms with Gasteiger partial charge in [-0.3, -0.25) is 0 Å². The van der Waals surface area contributed by atoms with Crippen molar-refractivity contribution < 1.29 is 0 Å². The Balaban J connectivity index is 1.63. The van der Waals surface area contributed by atoms with Gasteiger partial charge in [0.1, 0.15) is 0 Å². The van der Waals surface area contributed by atoms with Crippen LogP contribution in [0.3, 0.4) is 0 Å². The molecule has 187 valence electrons. The Morgan fingerprint density at radius 1 is 0.667 bits per heavy atom. The SMILES string of the molecule is Cc1ccc2c(c1)[C]=c1c-2cc(=C(c2ccccc2)c2ccccc2)c(C)c1C1C=Cc2c1ccc(C)c2C. The van der Waals surface area contributed by atoms with Crippen LogP contribution in [0.4, 0.5) is 0 Å². The summed E-state index contributed by atoms with van der Waals surface area (Å²) in [5.41, 5.74) is 17.0. The molecular formula is C39H31. The smallest absolute Gasteiger partial charge is 0.0288 e. The van der Waals surface area contributed by atoms with Gasteiger partial charge in [-0.25, -0.2) is 0 Å². The minimum Gasteiger partial charge on any atom is -0.0720 e. The fourth-order valence-corrected chi connectivity index (χ4v) is 6.52. The lowest BCUT2D eigenvalue weighted by atomic mass is 9.83. The van der Waals surface area contributed by atoms with Crippen molar-refractivity contribution in [2.45, 2.75) is 33.6 Å². The molecule has 0 heterocycles. The zero-order valence-electron chi connectivity index (χ0n) is 23.0. The Kier molecular flexibility index (Phi) is 5.53. The van der Waals surface area contributed by atoms with E-state index in [1.165, 1.54) is 82.8 Å². The zero-order chi connectivity index (χ0) is 26.7. The topological polar surface area (TPSA) is 0 Å². The average molecular weight is 500 g/mol. The summed E-state index contributed by atoms with van der Waals surface area (Å²) in [5, 5.41) is 2.54. The predicted molar refractivity (Wildman–Crippen MR) is 164 cm³/mol. The average Bonchev–Trinajstić information content (AvgIpc) is 3.54. The van der Waals surface area contributed by atoms with Gasteiger partial charge >= 0.3 is 0 Å². The molecule has 0 N–H and O–H groups in total. The molecule has 0 spiro atoms. The molecule has 0 amide bonds. The Bertz CT molecular complexity index is 1880. The lowest BCUT2D eigenvalue weighted by Crippen LogP contribution is -2.25. The maximum absolute atomic E-state index is 3.86. The van der Waals surface area contributed by atoms with E-state index in [9.17, 15) is 0 Å². The van der Waals surface area contributed by atoms with E-state index >= 15 is 0 Å². The summed E-state index contributed by atoms with van der Waals surface area (Å²) in [5.74, 6) is 0.198. The maximum Gasteiger partial charge on any atom is 0.0288 e. The second-order valence-electron chi connectivity index (χ2n) is 11.0. The summed E-state index contributed by atoms with van der Waals surface area (Å²) < 4.78 is 0. The van der Waals surface area contributed by atoms with Crippen molar-refractivity contribution in [3.8, 4) is 11.1 Å². The second-order valence-corrected chi connectivity index (χ2v) is 11.0. The van der Waals surface area contributed by atoms with Gasteiger partial charge in [-0.2, -0.15) is 0 Å². The van der Waals surface area contributed by atoms with Gasteiger partial charge in [-0.15, -0.1) is 0 Å². The third-order valence-corrected chi connectivity index (χ3v) is 8.68. The normalized spacial score (nSPS) is 14.5. The first-order valence-electron chi connectivity index (χ1n) is 13.8. The standard InChI is InChI=1S/C39H31/c1-24-15-17-32-30(21-24)22-37-36(32)23-35(39(28-11-7-5-8-12-28)29-13-9-6-10-14-29)27(4)38(37)34-20-19-31-26(3)25(2)16-18-33(31)34/h5-21,23,34H,1-4H3. The van der Waals surface area contributed by atoms with Gasteiger partial charge in [0.2, 0.25) is 0 Å². The van der Waals surface area contributed by atoms with Gasteiger partial charge < -0.3 is 0 Å². The highest BCUT2D eigenvalue weighted by molar-refractivity contribution is 5.88. The summed E-state index contributed by atoms with van der Waals surface area (Å²) in [6.45, 7) is 8.95. The lowest BCUT2D eigenvalue weighted by Gasteiger charge is -2.20. The number of hydrogen-bond acceptors (Lipinski definition) is 0. The molecule has 0 saturated heterocycles. The summed E-state index contributed by atoms with van der Waals surface area (Å²) in [6, 6.07) is 35.5. The first-order chi connectivity index (χ1) is 19.0. The molecule has 0 aliphatic heterocycles. The van der Waals surface area contributed by atoms with Crippen LogP contribution in [0.15, 0.2) is 103 Å². The molecule has 0 fully saturated rings. The minimum atomic E-state index is 0.198. The molecule has 0 nitrogen and oxygen atoms in total. The van der Waals surface area contributed by atoms with Gasteiger partial charge in [-0.1, -0.05) is 109 Å². The monoisotopic (exact) mass is 499 g/mol. The van der Waals surface area contributed by atoms with Crippen molar-refractivity contribution in [3.63, 3.8) is 0 Å². The number of rotatable bonds is 3. The van der Waals surface area contributed by atoms with E-state index < -0.39 is 0 Å². The van der Waals surface area contributed by atoms with Crippen molar-refractivity contribution in [2.75, 3.05) is 0 Å². The van der Waals surface area contributed by atoms with E-state index in [1.54, 1.807) is 0 Å². The van der Waals surface area contributed by atoms with E-state index in [-0.39, 0.29) is 5.92 Å². The molecule has 1 unspecified atom stereocenters.